The molecule has 1 aliphatic heterocycles. The molecule has 12 heteroatoms. The van der Waals surface area contributed by atoms with Gasteiger partial charge in [0.2, 0.25) is 5.75 Å². The number of hydrogen-bond acceptors (Lipinski definition) is 4. The monoisotopic (exact) mass is 560 g/mol. The van der Waals surface area contributed by atoms with Crippen molar-refractivity contribution in [1.82, 2.24) is 0 Å². The van der Waals surface area contributed by atoms with Crippen molar-refractivity contribution >= 4 is 0 Å². The summed E-state index contributed by atoms with van der Waals surface area (Å²) in [7, 11) is 0. The summed E-state index contributed by atoms with van der Waals surface area (Å²) in [6.45, 7) is 4.45. The van der Waals surface area contributed by atoms with Gasteiger partial charge in [-0.25, -0.2) is 22.0 Å². The van der Waals surface area contributed by atoms with Gasteiger partial charge in [-0.1, -0.05) is 18.2 Å². The third-order valence-corrected chi connectivity index (χ3v) is 5.67. The van der Waals surface area contributed by atoms with Gasteiger partial charge in [-0.2, -0.15) is 0 Å². The molecule has 0 unspecified atom stereocenters. The van der Waals surface area contributed by atoms with Gasteiger partial charge in [0.15, 0.2) is 17.9 Å². The lowest BCUT2D eigenvalue weighted by Crippen LogP contribution is -2.33. The lowest BCUT2D eigenvalue weighted by atomic mass is 9.97. The van der Waals surface area contributed by atoms with E-state index < -0.39 is 58.6 Å². The van der Waals surface area contributed by atoms with Crippen molar-refractivity contribution < 1.29 is 54.1 Å². The van der Waals surface area contributed by atoms with Gasteiger partial charge in [0, 0.05) is 11.1 Å². The van der Waals surface area contributed by atoms with Gasteiger partial charge in [-0.05, 0) is 47.9 Å². The average molecular weight is 560 g/mol. The highest BCUT2D eigenvalue weighted by Gasteiger charge is 2.34. The molecule has 0 spiro atoms. The number of alkyl halides is 3. The first-order chi connectivity index (χ1) is 18.5. The van der Waals surface area contributed by atoms with Gasteiger partial charge in [0.05, 0.1) is 25.4 Å². The minimum atomic E-state index is -5.39. The molecule has 4 nitrogen and oxygen atoms in total. The molecule has 4 rings (SSSR count). The summed E-state index contributed by atoms with van der Waals surface area (Å²) >= 11 is 0. The molecule has 208 valence electrons. The van der Waals surface area contributed by atoms with Gasteiger partial charge in [0.1, 0.15) is 23.6 Å². The van der Waals surface area contributed by atoms with Crippen molar-refractivity contribution in [1.29, 1.82) is 0 Å². The zero-order chi connectivity index (χ0) is 28.3. The fourth-order valence-corrected chi connectivity index (χ4v) is 3.93. The van der Waals surface area contributed by atoms with Gasteiger partial charge in [-0.15, -0.1) is 19.8 Å². The van der Waals surface area contributed by atoms with Crippen LogP contribution in [0.2, 0.25) is 0 Å². The Labute approximate surface area is 217 Å². The van der Waals surface area contributed by atoms with Crippen LogP contribution in [0, 0.1) is 29.1 Å². The van der Waals surface area contributed by atoms with E-state index in [0.29, 0.717) is 30.7 Å². The summed E-state index contributed by atoms with van der Waals surface area (Å²) in [6.07, 6.45) is -4.22. The lowest BCUT2D eigenvalue weighted by Gasteiger charge is -2.29. The molecule has 0 N–H and O–H groups in total. The molecule has 0 atom stereocenters. The van der Waals surface area contributed by atoms with Gasteiger partial charge in [-0.3, -0.25) is 0 Å². The van der Waals surface area contributed by atoms with Crippen LogP contribution >= 0.6 is 0 Å². The van der Waals surface area contributed by atoms with Crippen LogP contribution in [0.4, 0.5) is 35.1 Å². The van der Waals surface area contributed by atoms with E-state index in [9.17, 15) is 35.1 Å². The molecule has 1 fully saturated rings. The van der Waals surface area contributed by atoms with Crippen LogP contribution < -0.4 is 4.74 Å². The lowest BCUT2D eigenvalue weighted by molar-refractivity contribution is -0.276. The van der Waals surface area contributed by atoms with Crippen LogP contribution in [0.5, 0.6) is 5.75 Å². The highest BCUT2D eigenvalue weighted by Crippen LogP contribution is 2.37. The number of benzene rings is 3. The highest BCUT2D eigenvalue weighted by molar-refractivity contribution is 5.72. The maximum Gasteiger partial charge on any atom is 0.573 e. The van der Waals surface area contributed by atoms with E-state index >= 15 is 0 Å². The van der Waals surface area contributed by atoms with Crippen LogP contribution in [0.15, 0.2) is 55.1 Å². The first kappa shape index (κ1) is 28.5. The first-order valence-corrected chi connectivity index (χ1v) is 11.5. The molecule has 0 aromatic heterocycles. The standard InChI is InChI=1S/C27H20F8O4/c1-2-3-6-36-17-12-37-26(38-13-17)14-4-5-18(19(28)7-14)15-8-20(29)24(21(30)9-15)16-10-22(31)25(23(32)11-16)39-27(33,34)35/h2,4-5,7-11,17,26H,1,3,6,12-13H2. The molecule has 39 heavy (non-hydrogen) atoms. The summed E-state index contributed by atoms with van der Waals surface area (Å²) in [6, 6.07) is 5.80. The van der Waals surface area contributed by atoms with Gasteiger partial charge < -0.3 is 18.9 Å². The van der Waals surface area contributed by atoms with Crippen LogP contribution in [0.1, 0.15) is 18.3 Å². The molecule has 0 aliphatic carbocycles. The summed E-state index contributed by atoms with van der Waals surface area (Å²) < 4.78 is 130. The predicted molar refractivity (Wildman–Crippen MR) is 123 cm³/mol. The molecule has 1 aliphatic rings. The molecule has 1 saturated heterocycles. The second-order valence-corrected chi connectivity index (χ2v) is 8.44. The van der Waals surface area contributed by atoms with Crippen molar-refractivity contribution in [3.63, 3.8) is 0 Å². The Morgan fingerprint density at radius 1 is 0.821 bits per heavy atom. The van der Waals surface area contributed by atoms with E-state index in [4.69, 9.17) is 14.2 Å². The van der Waals surface area contributed by atoms with E-state index in [-0.39, 0.29) is 30.4 Å². The number of halogens is 8. The average Bonchev–Trinajstić information content (AvgIpc) is 2.86. The maximum absolute atomic E-state index is 15.0. The highest BCUT2D eigenvalue weighted by atomic mass is 19.4. The number of rotatable bonds is 8. The van der Waals surface area contributed by atoms with Crippen molar-refractivity contribution in [2.45, 2.75) is 25.2 Å². The molecular formula is C27H20F8O4. The largest absolute Gasteiger partial charge is 0.573 e. The molecule has 3 aromatic rings. The quantitative estimate of drug-likeness (QED) is 0.161. The Balaban J connectivity index is 1.54. The number of ether oxygens (including phenoxy) is 4. The predicted octanol–water partition coefficient (Wildman–Crippen LogP) is 7.62. The van der Waals surface area contributed by atoms with Crippen molar-refractivity contribution in [2.24, 2.45) is 0 Å². The zero-order valence-corrected chi connectivity index (χ0v) is 20.0. The second-order valence-electron chi connectivity index (χ2n) is 8.44. The van der Waals surface area contributed by atoms with Crippen LogP contribution in [0.3, 0.4) is 0 Å². The number of hydrogen-bond donors (Lipinski definition) is 0. The van der Waals surface area contributed by atoms with Gasteiger partial charge >= 0.3 is 6.36 Å². The Morgan fingerprint density at radius 2 is 1.41 bits per heavy atom. The molecule has 3 aromatic carbocycles. The van der Waals surface area contributed by atoms with Crippen molar-refractivity contribution in [2.75, 3.05) is 19.8 Å². The Morgan fingerprint density at radius 3 is 1.95 bits per heavy atom. The second kappa shape index (κ2) is 11.7. The van der Waals surface area contributed by atoms with E-state index in [0.717, 1.165) is 18.2 Å². The van der Waals surface area contributed by atoms with E-state index in [1.54, 1.807) is 6.08 Å². The topological polar surface area (TPSA) is 36.9 Å². The zero-order valence-electron chi connectivity index (χ0n) is 20.0. The Kier molecular flexibility index (Phi) is 8.57. The molecule has 1 heterocycles. The third kappa shape index (κ3) is 6.75. The molecule has 0 amide bonds. The van der Waals surface area contributed by atoms with Crippen molar-refractivity contribution in [3.05, 3.63) is 89.8 Å². The summed E-state index contributed by atoms with van der Waals surface area (Å²) in [5.41, 5.74) is -1.78. The Hall–Kier alpha value is -3.48. The summed E-state index contributed by atoms with van der Waals surface area (Å²) in [4.78, 5) is 0. The van der Waals surface area contributed by atoms with E-state index in [1.165, 1.54) is 12.1 Å². The van der Waals surface area contributed by atoms with Crippen molar-refractivity contribution in [3.8, 4) is 28.0 Å². The smallest absolute Gasteiger partial charge is 0.399 e. The maximum atomic E-state index is 15.0. The SMILES string of the molecule is C=CCCOC1COC(c2ccc(-c3cc(F)c(-c4cc(F)c(OC(F)(F)F)c(F)c4)c(F)c3)c(F)c2)OC1. The summed E-state index contributed by atoms with van der Waals surface area (Å²) in [5.74, 6) is -8.95. The minimum absolute atomic E-state index is 0.198. The van der Waals surface area contributed by atoms with Crippen LogP contribution in [0.25, 0.3) is 22.3 Å². The fourth-order valence-electron chi connectivity index (χ4n) is 3.93. The van der Waals surface area contributed by atoms with Crippen LogP contribution in [-0.2, 0) is 14.2 Å². The molecule has 0 saturated carbocycles. The molecular weight excluding hydrogens is 540 g/mol. The molecule has 0 radical (unpaired) electrons. The normalized spacial score (nSPS) is 17.7. The summed E-state index contributed by atoms with van der Waals surface area (Å²) in [5, 5.41) is 0. The molecule has 0 bridgehead atoms. The minimum Gasteiger partial charge on any atom is -0.399 e. The Bertz CT molecular complexity index is 1300. The first-order valence-electron chi connectivity index (χ1n) is 11.5. The van der Waals surface area contributed by atoms with Gasteiger partial charge in [0.25, 0.3) is 0 Å². The third-order valence-electron chi connectivity index (χ3n) is 5.67. The van der Waals surface area contributed by atoms with E-state index in [2.05, 4.69) is 11.3 Å². The van der Waals surface area contributed by atoms with E-state index in [1.807, 2.05) is 0 Å². The van der Waals surface area contributed by atoms with Crippen LogP contribution in [-0.4, -0.2) is 32.3 Å². The fraction of sp³-hybridized carbons (Fsp3) is 0.259.